The second-order valence-corrected chi connectivity index (χ2v) is 5.50. The van der Waals surface area contributed by atoms with E-state index in [1.165, 1.54) is 7.11 Å². The second kappa shape index (κ2) is 6.12. The maximum absolute atomic E-state index is 12.2. The summed E-state index contributed by atoms with van der Waals surface area (Å²) in [5.41, 5.74) is 5.29. The fourth-order valence-electron chi connectivity index (χ4n) is 2.79. The molecule has 2 aromatic rings. The molecule has 0 atom stereocenters. The van der Waals surface area contributed by atoms with Gasteiger partial charge in [0.1, 0.15) is 0 Å². The first-order chi connectivity index (χ1) is 11.1. The molecule has 1 aromatic carbocycles. The van der Waals surface area contributed by atoms with E-state index in [1.807, 2.05) is 43.5 Å². The van der Waals surface area contributed by atoms with Crippen molar-refractivity contribution in [1.82, 2.24) is 4.98 Å². The molecule has 0 spiro atoms. The van der Waals surface area contributed by atoms with Gasteiger partial charge in [-0.05, 0) is 36.6 Å². The van der Waals surface area contributed by atoms with Gasteiger partial charge in [-0.1, -0.05) is 18.2 Å². The molecule has 0 saturated carbocycles. The van der Waals surface area contributed by atoms with Crippen molar-refractivity contribution < 1.29 is 14.3 Å². The number of carbonyl (C=O) groups excluding carboxylic acids is 2. The van der Waals surface area contributed by atoms with Crippen molar-refractivity contribution in [2.75, 3.05) is 12.4 Å². The fourth-order valence-corrected chi connectivity index (χ4v) is 2.79. The number of benzene rings is 1. The first-order valence-electron chi connectivity index (χ1n) is 7.46. The quantitative estimate of drug-likeness (QED) is 0.674. The van der Waals surface area contributed by atoms with Crippen molar-refractivity contribution in [1.29, 1.82) is 0 Å². The van der Waals surface area contributed by atoms with Crippen LogP contribution in [0.4, 0.5) is 5.69 Å². The number of methoxy groups -OCH3 is 1. The lowest BCUT2D eigenvalue weighted by atomic mass is 10.0. The minimum atomic E-state index is -0.242. The molecule has 0 unspecified atom stereocenters. The molecule has 1 amide bonds. The number of aromatic amines is 1. The van der Waals surface area contributed by atoms with E-state index in [0.717, 1.165) is 28.1 Å². The average Bonchev–Trinajstić information content (AvgIpc) is 3.06. The summed E-state index contributed by atoms with van der Waals surface area (Å²) in [6, 6.07) is 7.60. The van der Waals surface area contributed by atoms with Crippen LogP contribution in [0.1, 0.15) is 28.8 Å². The second-order valence-electron chi connectivity index (χ2n) is 5.50. The Bertz CT molecular complexity index is 802. The molecule has 2 heterocycles. The van der Waals surface area contributed by atoms with Gasteiger partial charge >= 0.3 is 5.97 Å². The minimum Gasteiger partial charge on any atom is -0.469 e. The highest BCUT2D eigenvalue weighted by Crippen LogP contribution is 2.33. The van der Waals surface area contributed by atoms with Gasteiger partial charge in [-0.3, -0.25) is 9.59 Å². The summed E-state index contributed by atoms with van der Waals surface area (Å²) in [6.45, 7) is 1.98. The highest BCUT2D eigenvalue weighted by molar-refractivity contribution is 6.34. The molecule has 118 valence electrons. The number of fused-ring (bicyclic) bond motifs is 1. The predicted octanol–water partition coefficient (Wildman–Crippen LogP) is 2.92. The number of hydrogen-bond donors (Lipinski definition) is 2. The first kappa shape index (κ1) is 15.1. The summed E-state index contributed by atoms with van der Waals surface area (Å²) in [7, 11) is 1.38. The van der Waals surface area contributed by atoms with Gasteiger partial charge in [0, 0.05) is 29.6 Å². The largest absolute Gasteiger partial charge is 0.469 e. The molecule has 1 aliphatic rings. The van der Waals surface area contributed by atoms with E-state index in [0.29, 0.717) is 18.4 Å². The van der Waals surface area contributed by atoms with Crippen LogP contribution < -0.4 is 5.32 Å². The summed E-state index contributed by atoms with van der Waals surface area (Å²) in [5.74, 6) is -0.356. The first-order valence-corrected chi connectivity index (χ1v) is 7.46. The Balaban J connectivity index is 1.94. The summed E-state index contributed by atoms with van der Waals surface area (Å²) in [6.07, 6.45) is 4.62. The van der Waals surface area contributed by atoms with Crippen LogP contribution in [-0.2, 0) is 20.7 Å². The number of esters is 1. The summed E-state index contributed by atoms with van der Waals surface area (Å²) < 4.78 is 4.70. The molecule has 0 fully saturated rings. The standard InChI is InChI=1S/C18H18N2O3/c1-11-10-19-16(12(11)7-8-17(21)23-2)9-14-13-5-3-4-6-15(13)20-18(14)22/h3-6,9-10,19H,7-8H2,1-2H3,(H,20,22). The van der Waals surface area contributed by atoms with Gasteiger partial charge in [-0.15, -0.1) is 0 Å². The summed E-state index contributed by atoms with van der Waals surface area (Å²) in [4.78, 5) is 26.8. The molecule has 3 rings (SSSR count). The maximum Gasteiger partial charge on any atom is 0.305 e. The average molecular weight is 310 g/mol. The number of para-hydroxylation sites is 1. The Morgan fingerprint density at radius 2 is 2.09 bits per heavy atom. The van der Waals surface area contributed by atoms with Crippen molar-refractivity contribution in [3.05, 3.63) is 52.8 Å². The number of nitrogens with one attached hydrogen (secondary N) is 2. The third-order valence-electron chi connectivity index (χ3n) is 4.05. The van der Waals surface area contributed by atoms with Gasteiger partial charge in [0.2, 0.25) is 0 Å². The number of anilines is 1. The lowest BCUT2D eigenvalue weighted by Crippen LogP contribution is -2.05. The number of hydrogen-bond acceptors (Lipinski definition) is 3. The van der Waals surface area contributed by atoms with E-state index in [1.54, 1.807) is 0 Å². The number of rotatable bonds is 4. The highest BCUT2D eigenvalue weighted by atomic mass is 16.5. The predicted molar refractivity (Wildman–Crippen MR) is 88.8 cm³/mol. The van der Waals surface area contributed by atoms with Crippen LogP contribution in [0, 0.1) is 6.92 Å². The number of aromatic nitrogens is 1. The monoisotopic (exact) mass is 310 g/mol. The van der Waals surface area contributed by atoms with E-state index >= 15 is 0 Å². The zero-order chi connectivity index (χ0) is 16.4. The van der Waals surface area contributed by atoms with Crippen LogP contribution in [0.15, 0.2) is 30.5 Å². The van der Waals surface area contributed by atoms with Crippen LogP contribution >= 0.6 is 0 Å². The molecule has 23 heavy (non-hydrogen) atoms. The number of amides is 1. The normalized spacial score (nSPS) is 14.7. The maximum atomic E-state index is 12.2. The molecule has 5 nitrogen and oxygen atoms in total. The van der Waals surface area contributed by atoms with Crippen molar-refractivity contribution in [2.24, 2.45) is 0 Å². The van der Waals surface area contributed by atoms with Crippen LogP contribution in [0.25, 0.3) is 11.6 Å². The van der Waals surface area contributed by atoms with Gasteiger partial charge in [-0.25, -0.2) is 0 Å². The fraction of sp³-hybridized carbons (Fsp3) is 0.222. The van der Waals surface area contributed by atoms with Crippen LogP contribution in [0.5, 0.6) is 0 Å². The zero-order valence-electron chi connectivity index (χ0n) is 13.1. The van der Waals surface area contributed by atoms with E-state index in [4.69, 9.17) is 4.74 Å². The SMILES string of the molecule is COC(=O)CCc1c(C)c[nH]c1C=C1C(=O)Nc2ccccc21. The zero-order valence-corrected chi connectivity index (χ0v) is 13.1. The Labute approximate surface area is 134 Å². The summed E-state index contributed by atoms with van der Waals surface area (Å²) >= 11 is 0. The van der Waals surface area contributed by atoms with Crippen LogP contribution in [-0.4, -0.2) is 24.0 Å². The lowest BCUT2D eigenvalue weighted by Gasteiger charge is -2.03. The molecule has 5 heteroatoms. The van der Waals surface area contributed by atoms with Crippen molar-refractivity contribution >= 4 is 29.2 Å². The van der Waals surface area contributed by atoms with E-state index in [9.17, 15) is 9.59 Å². The Morgan fingerprint density at radius 1 is 1.30 bits per heavy atom. The van der Waals surface area contributed by atoms with Crippen molar-refractivity contribution in [2.45, 2.75) is 19.8 Å². The molecular formula is C18H18N2O3. The molecule has 0 bridgehead atoms. The number of H-pyrrole nitrogens is 1. The van der Waals surface area contributed by atoms with Gasteiger partial charge in [0.15, 0.2) is 0 Å². The number of aryl methyl sites for hydroxylation is 1. The molecule has 0 radical (unpaired) electrons. The van der Waals surface area contributed by atoms with Gasteiger partial charge in [-0.2, -0.15) is 0 Å². The molecule has 0 saturated heterocycles. The van der Waals surface area contributed by atoms with Gasteiger partial charge in [0.05, 0.1) is 12.7 Å². The Hall–Kier alpha value is -2.82. The van der Waals surface area contributed by atoms with E-state index < -0.39 is 0 Å². The van der Waals surface area contributed by atoms with E-state index in [-0.39, 0.29) is 11.9 Å². The van der Waals surface area contributed by atoms with Crippen molar-refractivity contribution in [3.63, 3.8) is 0 Å². The molecule has 1 aliphatic heterocycles. The molecule has 1 aromatic heterocycles. The molecular weight excluding hydrogens is 292 g/mol. The Kier molecular flexibility index (Phi) is 4.02. The van der Waals surface area contributed by atoms with Crippen LogP contribution in [0.3, 0.4) is 0 Å². The number of ether oxygens (including phenoxy) is 1. The topological polar surface area (TPSA) is 71.2 Å². The van der Waals surface area contributed by atoms with Crippen LogP contribution in [0.2, 0.25) is 0 Å². The lowest BCUT2D eigenvalue weighted by molar-refractivity contribution is -0.140. The smallest absolute Gasteiger partial charge is 0.305 e. The number of carbonyl (C=O) groups is 2. The van der Waals surface area contributed by atoms with E-state index in [2.05, 4.69) is 10.3 Å². The molecule has 0 aliphatic carbocycles. The van der Waals surface area contributed by atoms with Gasteiger partial charge in [0.25, 0.3) is 5.91 Å². The molecule has 2 N–H and O–H groups in total. The third kappa shape index (κ3) is 2.90. The van der Waals surface area contributed by atoms with Gasteiger partial charge < -0.3 is 15.0 Å². The Morgan fingerprint density at radius 3 is 2.87 bits per heavy atom. The third-order valence-corrected chi connectivity index (χ3v) is 4.05. The summed E-state index contributed by atoms with van der Waals surface area (Å²) in [5, 5.41) is 2.86. The minimum absolute atomic E-state index is 0.114. The highest BCUT2D eigenvalue weighted by Gasteiger charge is 2.24. The van der Waals surface area contributed by atoms with Crippen molar-refractivity contribution in [3.8, 4) is 0 Å².